The SMILES string of the molecule is COc1ccc(OCCNC(=O)C2(c3c(C)[nH]c4ccccc34)CC2)cc1. The minimum absolute atomic E-state index is 0.0914. The molecule has 5 nitrogen and oxygen atoms in total. The first kappa shape index (κ1) is 17.5. The summed E-state index contributed by atoms with van der Waals surface area (Å²) in [6.07, 6.45) is 1.78. The van der Waals surface area contributed by atoms with Gasteiger partial charge in [0, 0.05) is 16.6 Å². The molecule has 1 heterocycles. The zero-order chi connectivity index (χ0) is 18.9. The Hall–Kier alpha value is -2.95. The second-order valence-electron chi connectivity index (χ2n) is 7.03. The molecular weight excluding hydrogens is 340 g/mol. The number of benzene rings is 2. The first-order valence-electron chi connectivity index (χ1n) is 9.27. The molecule has 0 radical (unpaired) electrons. The van der Waals surface area contributed by atoms with Crippen LogP contribution in [0, 0.1) is 6.92 Å². The molecule has 1 aromatic heterocycles. The number of hydrogen-bond donors (Lipinski definition) is 2. The van der Waals surface area contributed by atoms with Crippen LogP contribution in [0.1, 0.15) is 24.1 Å². The van der Waals surface area contributed by atoms with Crippen LogP contribution >= 0.6 is 0 Å². The molecule has 0 unspecified atom stereocenters. The van der Waals surface area contributed by atoms with Crippen molar-refractivity contribution in [1.82, 2.24) is 10.3 Å². The Bertz CT molecular complexity index is 955. The number of carbonyl (C=O) groups excluding carboxylic acids is 1. The number of aryl methyl sites for hydroxylation is 1. The van der Waals surface area contributed by atoms with E-state index in [9.17, 15) is 4.79 Å². The van der Waals surface area contributed by atoms with Crippen molar-refractivity contribution in [3.8, 4) is 11.5 Å². The minimum atomic E-state index is -0.399. The molecule has 3 aromatic rings. The van der Waals surface area contributed by atoms with Crippen LogP contribution in [0.4, 0.5) is 0 Å². The minimum Gasteiger partial charge on any atom is -0.497 e. The van der Waals surface area contributed by atoms with E-state index < -0.39 is 5.41 Å². The fraction of sp³-hybridized carbons (Fsp3) is 0.318. The van der Waals surface area contributed by atoms with Crippen LogP contribution in [0.25, 0.3) is 10.9 Å². The molecular formula is C22H24N2O3. The summed E-state index contributed by atoms with van der Waals surface area (Å²) in [7, 11) is 1.63. The summed E-state index contributed by atoms with van der Waals surface area (Å²) < 4.78 is 10.8. The Balaban J connectivity index is 1.38. The zero-order valence-electron chi connectivity index (χ0n) is 15.7. The second kappa shape index (κ2) is 6.99. The number of methoxy groups -OCH3 is 1. The number of hydrogen-bond acceptors (Lipinski definition) is 3. The predicted molar refractivity (Wildman–Crippen MR) is 105 cm³/mol. The third-order valence-corrected chi connectivity index (χ3v) is 5.27. The van der Waals surface area contributed by atoms with Crippen molar-refractivity contribution in [3.05, 3.63) is 59.8 Å². The quantitative estimate of drug-likeness (QED) is 0.628. The first-order valence-corrected chi connectivity index (χ1v) is 9.27. The van der Waals surface area contributed by atoms with E-state index in [1.165, 1.54) is 0 Å². The van der Waals surface area contributed by atoms with Crippen molar-refractivity contribution in [3.63, 3.8) is 0 Å². The zero-order valence-corrected chi connectivity index (χ0v) is 15.7. The summed E-state index contributed by atoms with van der Waals surface area (Å²) in [4.78, 5) is 16.3. The molecule has 1 aliphatic rings. The number of aromatic nitrogens is 1. The second-order valence-corrected chi connectivity index (χ2v) is 7.03. The Morgan fingerprint density at radius 3 is 2.52 bits per heavy atom. The largest absolute Gasteiger partial charge is 0.497 e. The number of amides is 1. The normalized spacial score (nSPS) is 14.7. The van der Waals surface area contributed by atoms with Crippen LogP contribution in [-0.4, -0.2) is 31.2 Å². The molecule has 27 heavy (non-hydrogen) atoms. The molecule has 5 heteroatoms. The maximum absolute atomic E-state index is 12.9. The maximum atomic E-state index is 12.9. The van der Waals surface area contributed by atoms with Gasteiger partial charge in [-0.25, -0.2) is 0 Å². The van der Waals surface area contributed by atoms with Crippen molar-refractivity contribution in [2.45, 2.75) is 25.2 Å². The number of fused-ring (bicyclic) bond motifs is 1. The van der Waals surface area contributed by atoms with Gasteiger partial charge in [0.15, 0.2) is 0 Å². The molecule has 1 fully saturated rings. The van der Waals surface area contributed by atoms with Crippen molar-refractivity contribution in [2.75, 3.05) is 20.3 Å². The standard InChI is InChI=1S/C22H24N2O3/c1-15-20(18-5-3-4-6-19(18)24-15)22(11-12-22)21(25)23-13-14-27-17-9-7-16(26-2)8-10-17/h3-10,24H,11-14H2,1-2H3,(H,23,25). The van der Waals surface area contributed by atoms with E-state index in [-0.39, 0.29) is 5.91 Å². The van der Waals surface area contributed by atoms with Gasteiger partial charge >= 0.3 is 0 Å². The third-order valence-electron chi connectivity index (χ3n) is 5.27. The number of H-pyrrole nitrogens is 1. The molecule has 2 aromatic carbocycles. The number of carbonyl (C=O) groups is 1. The number of para-hydroxylation sites is 1. The molecule has 1 aliphatic carbocycles. The van der Waals surface area contributed by atoms with E-state index >= 15 is 0 Å². The Kier molecular flexibility index (Phi) is 4.52. The molecule has 140 valence electrons. The van der Waals surface area contributed by atoms with E-state index in [2.05, 4.69) is 29.4 Å². The monoisotopic (exact) mass is 364 g/mol. The van der Waals surface area contributed by atoms with Gasteiger partial charge in [0.05, 0.1) is 19.1 Å². The number of rotatable bonds is 7. The highest BCUT2D eigenvalue weighted by molar-refractivity contribution is 5.98. The van der Waals surface area contributed by atoms with Gasteiger partial charge in [0.2, 0.25) is 5.91 Å². The third kappa shape index (κ3) is 3.25. The topological polar surface area (TPSA) is 63.4 Å². The van der Waals surface area contributed by atoms with Gasteiger partial charge in [-0.3, -0.25) is 4.79 Å². The summed E-state index contributed by atoms with van der Waals surface area (Å²) in [5, 5.41) is 4.21. The van der Waals surface area contributed by atoms with Crippen LogP contribution in [0.15, 0.2) is 48.5 Å². The van der Waals surface area contributed by atoms with Crippen LogP contribution in [0.2, 0.25) is 0 Å². The van der Waals surface area contributed by atoms with Gasteiger partial charge in [0.1, 0.15) is 18.1 Å². The van der Waals surface area contributed by atoms with E-state index in [1.54, 1.807) is 7.11 Å². The van der Waals surface area contributed by atoms with E-state index in [0.717, 1.165) is 46.5 Å². The van der Waals surface area contributed by atoms with Crippen molar-refractivity contribution in [1.29, 1.82) is 0 Å². The van der Waals surface area contributed by atoms with Gasteiger partial charge in [-0.1, -0.05) is 18.2 Å². The fourth-order valence-corrected chi connectivity index (χ4v) is 3.78. The van der Waals surface area contributed by atoms with Crippen LogP contribution < -0.4 is 14.8 Å². The Labute approximate surface area is 158 Å². The van der Waals surface area contributed by atoms with E-state index in [0.29, 0.717) is 13.2 Å². The lowest BCUT2D eigenvalue weighted by Crippen LogP contribution is -2.37. The lowest BCUT2D eigenvalue weighted by Gasteiger charge is -2.16. The van der Waals surface area contributed by atoms with Gasteiger partial charge in [-0.15, -0.1) is 0 Å². The lowest BCUT2D eigenvalue weighted by atomic mass is 9.92. The average molecular weight is 364 g/mol. The Morgan fingerprint density at radius 1 is 1.11 bits per heavy atom. The van der Waals surface area contributed by atoms with Crippen molar-refractivity contribution < 1.29 is 14.3 Å². The van der Waals surface area contributed by atoms with Gasteiger partial charge in [-0.05, 0) is 55.7 Å². The summed E-state index contributed by atoms with van der Waals surface area (Å²) in [5.74, 6) is 1.65. The van der Waals surface area contributed by atoms with Gasteiger partial charge in [0.25, 0.3) is 0 Å². The van der Waals surface area contributed by atoms with E-state index in [1.807, 2.05) is 36.4 Å². The molecule has 0 atom stereocenters. The molecule has 2 N–H and O–H groups in total. The Morgan fingerprint density at radius 2 is 1.81 bits per heavy atom. The number of ether oxygens (including phenoxy) is 2. The van der Waals surface area contributed by atoms with E-state index in [4.69, 9.17) is 9.47 Å². The lowest BCUT2D eigenvalue weighted by molar-refractivity contribution is -0.123. The van der Waals surface area contributed by atoms with Crippen LogP contribution in [0.3, 0.4) is 0 Å². The number of aromatic amines is 1. The molecule has 0 saturated heterocycles. The molecule has 0 bridgehead atoms. The van der Waals surface area contributed by atoms with Crippen molar-refractivity contribution >= 4 is 16.8 Å². The summed E-state index contributed by atoms with van der Waals surface area (Å²) in [6.45, 7) is 2.96. The van der Waals surface area contributed by atoms with Crippen molar-refractivity contribution in [2.24, 2.45) is 0 Å². The maximum Gasteiger partial charge on any atom is 0.230 e. The predicted octanol–water partition coefficient (Wildman–Crippen LogP) is 3.71. The first-order chi connectivity index (χ1) is 13.1. The molecule has 1 saturated carbocycles. The number of nitrogens with one attached hydrogen (secondary N) is 2. The highest BCUT2D eigenvalue weighted by atomic mass is 16.5. The molecule has 0 aliphatic heterocycles. The summed E-state index contributed by atoms with van der Waals surface area (Å²) in [6, 6.07) is 15.6. The van der Waals surface area contributed by atoms with Crippen LogP contribution in [0.5, 0.6) is 11.5 Å². The smallest absolute Gasteiger partial charge is 0.230 e. The summed E-state index contributed by atoms with van der Waals surface area (Å²) >= 11 is 0. The average Bonchev–Trinajstić information content (AvgIpc) is 3.42. The molecule has 4 rings (SSSR count). The molecule has 0 spiro atoms. The van der Waals surface area contributed by atoms with Gasteiger partial charge < -0.3 is 19.8 Å². The fourth-order valence-electron chi connectivity index (χ4n) is 3.78. The highest BCUT2D eigenvalue weighted by Gasteiger charge is 2.53. The summed E-state index contributed by atoms with van der Waals surface area (Å²) in [5.41, 5.74) is 2.92. The highest BCUT2D eigenvalue weighted by Crippen LogP contribution is 2.51. The van der Waals surface area contributed by atoms with Gasteiger partial charge in [-0.2, -0.15) is 0 Å². The van der Waals surface area contributed by atoms with Crippen LogP contribution in [-0.2, 0) is 10.2 Å². The molecule has 1 amide bonds.